The molecular weight excluding hydrogens is 252 g/mol. The van der Waals surface area contributed by atoms with E-state index in [-0.39, 0.29) is 0 Å². The lowest BCUT2D eigenvalue weighted by Crippen LogP contribution is -2.00. The van der Waals surface area contributed by atoms with Crippen molar-refractivity contribution in [1.29, 1.82) is 0 Å². The van der Waals surface area contributed by atoms with Gasteiger partial charge in [0.2, 0.25) is 0 Å². The molecule has 0 bridgehead atoms. The van der Waals surface area contributed by atoms with Crippen molar-refractivity contribution in [2.75, 3.05) is 5.33 Å². The summed E-state index contributed by atoms with van der Waals surface area (Å²) in [5, 5.41) is 1.08. The predicted octanol–water partition coefficient (Wildman–Crippen LogP) is 3.52. The van der Waals surface area contributed by atoms with Crippen LogP contribution < -0.4 is 0 Å². The molecule has 0 saturated carbocycles. The molecule has 2 nitrogen and oxygen atoms in total. The number of nitrogens with zero attached hydrogens (tertiary/aromatic N) is 2. The number of para-hydroxylation sites is 2. The van der Waals surface area contributed by atoms with Gasteiger partial charge in [0.05, 0.1) is 11.0 Å². The maximum Gasteiger partial charge on any atom is 0.106 e. The maximum absolute atomic E-state index is 4.54. The van der Waals surface area contributed by atoms with Crippen LogP contribution in [-0.2, 0) is 6.54 Å². The fourth-order valence-electron chi connectivity index (χ4n) is 1.84. The van der Waals surface area contributed by atoms with E-state index in [9.17, 15) is 0 Å². The summed E-state index contributed by atoms with van der Waals surface area (Å²) < 4.78 is 2.30. The second kappa shape index (κ2) is 4.79. The van der Waals surface area contributed by atoms with Gasteiger partial charge in [0, 0.05) is 11.9 Å². The second-order valence-electron chi connectivity index (χ2n) is 3.70. The van der Waals surface area contributed by atoms with E-state index in [4.69, 9.17) is 0 Å². The van der Waals surface area contributed by atoms with Crippen molar-refractivity contribution in [2.24, 2.45) is 0 Å². The highest BCUT2D eigenvalue weighted by Crippen LogP contribution is 2.16. The number of rotatable bonds is 4. The Morgan fingerprint density at radius 2 is 2.07 bits per heavy atom. The maximum atomic E-state index is 4.54. The Balaban J connectivity index is 2.28. The van der Waals surface area contributed by atoms with Gasteiger partial charge in [-0.15, -0.1) is 0 Å². The molecule has 15 heavy (non-hydrogen) atoms. The normalized spacial score (nSPS) is 11.1. The Hall–Kier alpha value is -0.830. The van der Waals surface area contributed by atoms with Gasteiger partial charge >= 0.3 is 0 Å². The van der Waals surface area contributed by atoms with Crippen molar-refractivity contribution in [2.45, 2.75) is 26.3 Å². The molecule has 1 heterocycles. The monoisotopic (exact) mass is 266 g/mol. The lowest BCUT2D eigenvalue weighted by molar-refractivity contribution is 0.635. The first-order valence-electron chi connectivity index (χ1n) is 5.31. The van der Waals surface area contributed by atoms with Crippen LogP contribution in [0.25, 0.3) is 11.0 Å². The number of fused-ring (bicyclic) bond motifs is 1. The summed E-state index contributed by atoms with van der Waals surface area (Å²) in [5.41, 5.74) is 2.36. The van der Waals surface area contributed by atoms with E-state index >= 15 is 0 Å². The number of alkyl halides is 1. The number of halogens is 1. The van der Waals surface area contributed by atoms with E-state index in [1.54, 1.807) is 0 Å². The number of hydrogen-bond acceptors (Lipinski definition) is 1. The zero-order valence-electron chi connectivity index (χ0n) is 8.91. The summed E-state index contributed by atoms with van der Waals surface area (Å²) in [6, 6.07) is 8.33. The molecule has 2 aromatic rings. The molecule has 0 unspecified atom stereocenters. The molecule has 0 fully saturated rings. The zero-order valence-corrected chi connectivity index (χ0v) is 10.5. The van der Waals surface area contributed by atoms with Crippen LogP contribution in [0.15, 0.2) is 24.3 Å². The fraction of sp³-hybridized carbons (Fsp3) is 0.417. The molecule has 1 aromatic heterocycles. The average Bonchev–Trinajstić information content (AvgIpc) is 2.56. The summed E-state index contributed by atoms with van der Waals surface area (Å²) in [5.74, 6) is 1.12. The molecule has 0 aliphatic carbocycles. The predicted molar refractivity (Wildman–Crippen MR) is 67.5 cm³/mol. The van der Waals surface area contributed by atoms with Crippen LogP contribution in [0.3, 0.4) is 0 Å². The zero-order chi connectivity index (χ0) is 10.7. The van der Waals surface area contributed by atoms with Gasteiger partial charge in [0.1, 0.15) is 5.82 Å². The number of imidazole rings is 1. The topological polar surface area (TPSA) is 17.8 Å². The second-order valence-corrected chi connectivity index (χ2v) is 4.49. The summed E-state index contributed by atoms with van der Waals surface area (Å²) in [6.07, 6.45) is 2.42. The van der Waals surface area contributed by atoms with Gasteiger partial charge < -0.3 is 4.57 Å². The van der Waals surface area contributed by atoms with Crippen LogP contribution >= 0.6 is 15.9 Å². The molecular formula is C12H15BrN2. The standard InChI is InChI=1S/C12H15BrN2/c1-10-14-11-6-2-3-7-12(11)15(10)9-5-4-8-13/h2-3,6-7H,4-5,8-9H2,1H3. The Morgan fingerprint density at radius 3 is 2.87 bits per heavy atom. The minimum absolute atomic E-state index is 1.07. The number of benzene rings is 1. The van der Waals surface area contributed by atoms with Crippen molar-refractivity contribution >= 4 is 27.0 Å². The summed E-state index contributed by atoms with van der Waals surface area (Å²) in [6.45, 7) is 3.14. The van der Waals surface area contributed by atoms with Crippen LogP contribution in [0.4, 0.5) is 0 Å². The molecule has 0 N–H and O–H groups in total. The third kappa shape index (κ3) is 2.23. The lowest BCUT2D eigenvalue weighted by Gasteiger charge is -2.05. The Kier molecular flexibility index (Phi) is 3.41. The van der Waals surface area contributed by atoms with Gasteiger partial charge in [-0.1, -0.05) is 28.1 Å². The minimum Gasteiger partial charge on any atom is -0.328 e. The number of aromatic nitrogens is 2. The summed E-state index contributed by atoms with van der Waals surface area (Å²) in [4.78, 5) is 4.54. The molecule has 0 aliphatic heterocycles. The molecule has 0 saturated heterocycles. The van der Waals surface area contributed by atoms with Crippen molar-refractivity contribution < 1.29 is 0 Å². The van der Waals surface area contributed by atoms with Gasteiger partial charge in [-0.05, 0) is 31.9 Å². The highest BCUT2D eigenvalue weighted by atomic mass is 79.9. The molecule has 0 spiro atoms. The molecule has 0 amide bonds. The van der Waals surface area contributed by atoms with Crippen molar-refractivity contribution in [3.63, 3.8) is 0 Å². The van der Waals surface area contributed by atoms with E-state index in [0.717, 1.165) is 23.2 Å². The molecule has 0 aliphatic rings. The molecule has 0 atom stereocenters. The highest BCUT2D eigenvalue weighted by molar-refractivity contribution is 9.09. The molecule has 3 heteroatoms. The number of aryl methyl sites for hydroxylation is 2. The lowest BCUT2D eigenvalue weighted by atomic mass is 10.3. The van der Waals surface area contributed by atoms with Gasteiger partial charge in [-0.25, -0.2) is 4.98 Å². The first kappa shape index (κ1) is 10.7. The Bertz CT molecular complexity index is 448. The fourth-order valence-corrected chi connectivity index (χ4v) is 2.24. The third-order valence-corrected chi connectivity index (χ3v) is 3.17. The van der Waals surface area contributed by atoms with Crippen LogP contribution in [0.2, 0.25) is 0 Å². The van der Waals surface area contributed by atoms with Gasteiger partial charge in [0.25, 0.3) is 0 Å². The number of hydrogen-bond donors (Lipinski definition) is 0. The van der Waals surface area contributed by atoms with E-state index in [2.05, 4.69) is 50.6 Å². The Morgan fingerprint density at radius 1 is 1.27 bits per heavy atom. The van der Waals surface area contributed by atoms with Crippen LogP contribution in [0.5, 0.6) is 0 Å². The average molecular weight is 267 g/mol. The third-order valence-electron chi connectivity index (χ3n) is 2.61. The first-order valence-corrected chi connectivity index (χ1v) is 6.43. The largest absolute Gasteiger partial charge is 0.328 e. The van der Waals surface area contributed by atoms with Crippen molar-refractivity contribution in [3.8, 4) is 0 Å². The van der Waals surface area contributed by atoms with Crippen molar-refractivity contribution in [1.82, 2.24) is 9.55 Å². The SMILES string of the molecule is Cc1nc2ccccc2n1CCCCBr. The van der Waals surface area contributed by atoms with Crippen molar-refractivity contribution in [3.05, 3.63) is 30.1 Å². The smallest absolute Gasteiger partial charge is 0.106 e. The number of unbranched alkanes of at least 4 members (excludes halogenated alkanes) is 1. The quantitative estimate of drug-likeness (QED) is 0.612. The van der Waals surface area contributed by atoms with E-state index in [1.807, 2.05) is 6.07 Å². The van der Waals surface area contributed by atoms with Crippen LogP contribution in [0.1, 0.15) is 18.7 Å². The highest BCUT2D eigenvalue weighted by Gasteiger charge is 2.05. The molecule has 0 radical (unpaired) electrons. The van der Waals surface area contributed by atoms with E-state index in [1.165, 1.54) is 18.4 Å². The minimum atomic E-state index is 1.07. The first-order chi connectivity index (χ1) is 7.33. The summed E-state index contributed by atoms with van der Waals surface area (Å²) >= 11 is 3.46. The Labute approximate surface area is 98.4 Å². The van der Waals surface area contributed by atoms with Gasteiger partial charge in [-0.3, -0.25) is 0 Å². The van der Waals surface area contributed by atoms with Gasteiger partial charge in [0.15, 0.2) is 0 Å². The van der Waals surface area contributed by atoms with Crippen LogP contribution in [-0.4, -0.2) is 14.9 Å². The molecule has 2 rings (SSSR count). The van der Waals surface area contributed by atoms with E-state index in [0.29, 0.717) is 0 Å². The van der Waals surface area contributed by atoms with Gasteiger partial charge in [-0.2, -0.15) is 0 Å². The molecule has 1 aromatic carbocycles. The van der Waals surface area contributed by atoms with Crippen LogP contribution in [0, 0.1) is 6.92 Å². The summed E-state index contributed by atoms with van der Waals surface area (Å²) in [7, 11) is 0. The molecule has 80 valence electrons. The van der Waals surface area contributed by atoms with E-state index < -0.39 is 0 Å².